The molecule has 0 bridgehead atoms. The highest BCUT2D eigenvalue weighted by atomic mass is 35.5. The molecule has 0 fully saturated rings. The molecule has 0 heterocycles. The summed E-state index contributed by atoms with van der Waals surface area (Å²) in [6.45, 7) is 3.68. The quantitative estimate of drug-likeness (QED) is 0.364. The normalized spacial score (nSPS) is 16.4. The lowest BCUT2D eigenvalue weighted by Crippen LogP contribution is -2.28. The van der Waals surface area contributed by atoms with Crippen LogP contribution in [0.25, 0.3) is 0 Å². The van der Waals surface area contributed by atoms with Gasteiger partial charge < -0.3 is 4.74 Å². The maximum absolute atomic E-state index is 7.19. The van der Waals surface area contributed by atoms with Gasteiger partial charge in [-0.3, -0.25) is 5.41 Å². The minimum Gasteiger partial charge on any atom is -0.483 e. The predicted octanol–water partition coefficient (Wildman–Crippen LogP) is 2.02. The number of hydrogen-bond acceptors (Lipinski definition) is 2. The summed E-state index contributed by atoms with van der Waals surface area (Å²) in [5, 5.41) is 7.19. The van der Waals surface area contributed by atoms with Crippen molar-refractivity contribution in [3.05, 3.63) is 0 Å². The Labute approximate surface area is 60.7 Å². The highest BCUT2D eigenvalue weighted by Crippen LogP contribution is 2.19. The van der Waals surface area contributed by atoms with Gasteiger partial charge in [-0.05, 0) is 13.3 Å². The Balaban J connectivity index is 3.97. The van der Waals surface area contributed by atoms with Crippen molar-refractivity contribution in [2.45, 2.75) is 25.1 Å². The van der Waals surface area contributed by atoms with Crippen molar-refractivity contribution in [2.75, 3.05) is 7.11 Å². The second-order valence-electron chi connectivity index (χ2n) is 2.08. The van der Waals surface area contributed by atoms with Crippen LogP contribution in [0.5, 0.6) is 0 Å². The smallest absolute Gasteiger partial charge is 0.201 e. The van der Waals surface area contributed by atoms with Crippen LogP contribution >= 0.6 is 11.6 Å². The molecule has 0 aliphatic carbocycles. The van der Waals surface area contributed by atoms with Gasteiger partial charge in [-0.1, -0.05) is 6.92 Å². The minimum atomic E-state index is -0.616. The molecule has 0 radical (unpaired) electrons. The summed E-state index contributed by atoms with van der Waals surface area (Å²) in [5.41, 5.74) is 0. The molecule has 0 saturated carbocycles. The van der Waals surface area contributed by atoms with Gasteiger partial charge in [0.25, 0.3) is 0 Å². The lowest BCUT2D eigenvalue weighted by atomic mass is 10.1. The van der Waals surface area contributed by atoms with Crippen LogP contribution in [-0.2, 0) is 4.74 Å². The Bertz CT molecular complexity index is 112. The van der Waals surface area contributed by atoms with Crippen molar-refractivity contribution in [1.29, 1.82) is 5.41 Å². The van der Waals surface area contributed by atoms with Crippen LogP contribution in [0.2, 0.25) is 0 Å². The van der Waals surface area contributed by atoms with Gasteiger partial charge >= 0.3 is 0 Å². The van der Waals surface area contributed by atoms with Gasteiger partial charge in [0, 0.05) is 0 Å². The molecule has 1 N–H and O–H groups in total. The third kappa shape index (κ3) is 2.22. The molecule has 1 unspecified atom stereocenters. The van der Waals surface area contributed by atoms with Crippen LogP contribution in [0.4, 0.5) is 0 Å². The predicted molar refractivity (Wildman–Crippen MR) is 39.3 cm³/mol. The number of nitrogens with one attached hydrogen (secondary N) is 1. The molecule has 0 aromatic rings. The molecule has 0 aromatic carbocycles. The maximum atomic E-state index is 7.19. The first-order chi connectivity index (χ1) is 4.04. The second kappa shape index (κ2) is 3.06. The molecule has 0 rings (SSSR count). The summed E-state index contributed by atoms with van der Waals surface area (Å²) in [6.07, 6.45) is 0.710. The summed E-state index contributed by atoms with van der Waals surface area (Å²) in [4.78, 5) is -0.616. The zero-order valence-corrected chi connectivity index (χ0v) is 6.75. The molecular formula is C6H12ClNO. The Morgan fingerprint density at radius 1 is 1.78 bits per heavy atom. The van der Waals surface area contributed by atoms with Gasteiger partial charge in [0.2, 0.25) is 5.90 Å². The third-order valence-electron chi connectivity index (χ3n) is 1.34. The Kier molecular flexibility index (Phi) is 2.98. The summed E-state index contributed by atoms with van der Waals surface area (Å²) >= 11 is 5.82. The van der Waals surface area contributed by atoms with E-state index < -0.39 is 4.87 Å². The number of rotatable bonds is 2. The van der Waals surface area contributed by atoms with Gasteiger partial charge in [0.15, 0.2) is 0 Å². The van der Waals surface area contributed by atoms with E-state index in [-0.39, 0.29) is 5.90 Å². The Morgan fingerprint density at radius 2 is 2.22 bits per heavy atom. The number of methoxy groups -OCH3 is 1. The van der Waals surface area contributed by atoms with E-state index in [2.05, 4.69) is 4.74 Å². The van der Waals surface area contributed by atoms with E-state index in [1.807, 2.05) is 6.92 Å². The van der Waals surface area contributed by atoms with Gasteiger partial charge in [-0.2, -0.15) is 0 Å². The lowest BCUT2D eigenvalue weighted by Gasteiger charge is -2.18. The third-order valence-corrected chi connectivity index (χ3v) is 1.78. The highest BCUT2D eigenvalue weighted by molar-refractivity contribution is 6.34. The molecule has 0 aromatic heterocycles. The number of hydrogen-bond donors (Lipinski definition) is 1. The van der Waals surface area contributed by atoms with Gasteiger partial charge in [0.1, 0.15) is 4.87 Å². The molecule has 9 heavy (non-hydrogen) atoms. The fourth-order valence-electron chi connectivity index (χ4n) is 0.373. The minimum absolute atomic E-state index is 0.131. The van der Waals surface area contributed by atoms with Crippen LogP contribution in [0, 0.1) is 5.41 Å². The first kappa shape index (κ1) is 8.76. The molecule has 2 nitrogen and oxygen atoms in total. The zero-order chi connectivity index (χ0) is 7.49. The van der Waals surface area contributed by atoms with Crippen molar-refractivity contribution in [1.82, 2.24) is 0 Å². The monoisotopic (exact) mass is 149 g/mol. The van der Waals surface area contributed by atoms with Crippen molar-refractivity contribution in [2.24, 2.45) is 0 Å². The Hall–Kier alpha value is -0.240. The summed E-state index contributed by atoms with van der Waals surface area (Å²) in [5.74, 6) is 0.131. The second-order valence-corrected chi connectivity index (χ2v) is 2.92. The van der Waals surface area contributed by atoms with Crippen LogP contribution in [0.15, 0.2) is 0 Å². The maximum Gasteiger partial charge on any atom is 0.201 e. The van der Waals surface area contributed by atoms with E-state index in [0.717, 1.165) is 0 Å². The molecule has 3 heteroatoms. The van der Waals surface area contributed by atoms with Gasteiger partial charge in [-0.25, -0.2) is 0 Å². The number of ether oxygens (including phenoxy) is 1. The van der Waals surface area contributed by atoms with Gasteiger partial charge in [0.05, 0.1) is 7.11 Å². The topological polar surface area (TPSA) is 33.1 Å². The Morgan fingerprint density at radius 3 is 2.33 bits per heavy atom. The van der Waals surface area contributed by atoms with E-state index in [9.17, 15) is 0 Å². The number of alkyl halides is 1. The van der Waals surface area contributed by atoms with E-state index in [1.54, 1.807) is 6.92 Å². The van der Waals surface area contributed by atoms with E-state index >= 15 is 0 Å². The fourth-order valence-corrected chi connectivity index (χ4v) is 0.451. The summed E-state index contributed by atoms with van der Waals surface area (Å²) in [6, 6.07) is 0. The molecular weight excluding hydrogens is 138 g/mol. The van der Waals surface area contributed by atoms with Crippen molar-refractivity contribution >= 4 is 17.5 Å². The largest absolute Gasteiger partial charge is 0.483 e. The zero-order valence-electron chi connectivity index (χ0n) is 5.99. The van der Waals surface area contributed by atoms with E-state index in [1.165, 1.54) is 7.11 Å². The van der Waals surface area contributed by atoms with Gasteiger partial charge in [-0.15, -0.1) is 11.6 Å². The van der Waals surface area contributed by atoms with Crippen molar-refractivity contribution < 1.29 is 4.74 Å². The van der Waals surface area contributed by atoms with Crippen LogP contribution in [-0.4, -0.2) is 17.9 Å². The summed E-state index contributed by atoms with van der Waals surface area (Å²) in [7, 11) is 1.46. The van der Waals surface area contributed by atoms with Crippen LogP contribution < -0.4 is 0 Å². The first-order valence-electron chi connectivity index (χ1n) is 2.86. The van der Waals surface area contributed by atoms with Crippen molar-refractivity contribution in [3.63, 3.8) is 0 Å². The average Bonchev–Trinajstić information content (AvgIpc) is 1.86. The standard InChI is InChI=1S/C6H12ClNO/c1-4-6(2,7)5(8)9-3/h8H,4H2,1-3H3. The summed E-state index contributed by atoms with van der Waals surface area (Å²) < 4.78 is 4.66. The lowest BCUT2D eigenvalue weighted by molar-refractivity contribution is 0.370. The first-order valence-corrected chi connectivity index (χ1v) is 3.24. The number of halogens is 1. The molecule has 1 atom stereocenters. The van der Waals surface area contributed by atoms with Crippen LogP contribution in [0.1, 0.15) is 20.3 Å². The van der Waals surface area contributed by atoms with Crippen LogP contribution in [0.3, 0.4) is 0 Å². The highest BCUT2D eigenvalue weighted by Gasteiger charge is 2.24. The average molecular weight is 150 g/mol. The molecule has 0 saturated heterocycles. The molecule has 0 spiro atoms. The SMILES string of the molecule is CCC(C)(Cl)C(=N)OC. The molecule has 0 aliphatic heterocycles. The fraction of sp³-hybridized carbons (Fsp3) is 0.833. The van der Waals surface area contributed by atoms with Crippen molar-refractivity contribution in [3.8, 4) is 0 Å². The molecule has 0 aliphatic rings. The molecule has 0 amide bonds. The molecule has 54 valence electrons. The van der Waals surface area contributed by atoms with E-state index in [0.29, 0.717) is 6.42 Å². The van der Waals surface area contributed by atoms with E-state index in [4.69, 9.17) is 17.0 Å².